The lowest BCUT2D eigenvalue weighted by molar-refractivity contribution is -0.143. The van der Waals surface area contributed by atoms with Crippen LogP contribution in [0.3, 0.4) is 0 Å². The molecule has 0 unspecified atom stereocenters. The zero-order chi connectivity index (χ0) is 42.1. The molecule has 59 heavy (non-hydrogen) atoms. The van der Waals surface area contributed by atoms with Crippen LogP contribution in [0.15, 0.2) is 48.5 Å². The summed E-state index contributed by atoms with van der Waals surface area (Å²) >= 11 is 0. The van der Waals surface area contributed by atoms with Gasteiger partial charge >= 0.3 is 0 Å². The third-order valence-corrected chi connectivity index (χ3v) is 12.9. The molecule has 2 aliphatic carbocycles. The number of fused-ring (bicyclic) bond motifs is 2. The summed E-state index contributed by atoms with van der Waals surface area (Å²) < 4.78 is 0. The van der Waals surface area contributed by atoms with E-state index in [1.807, 2.05) is 37.3 Å². The van der Waals surface area contributed by atoms with Crippen molar-refractivity contribution in [3.8, 4) is 0 Å². The first-order valence-corrected chi connectivity index (χ1v) is 21.9. The van der Waals surface area contributed by atoms with Crippen molar-refractivity contribution < 1.29 is 28.8 Å². The van der Waals surface area contributed by atoms with Crippen molar-refractivity contribution in [1.29, 1.82) is 0 Å². The zero-order valence-corrected chi connectivity index (χ0v) is 35.2. The van der Waals surface area contributed by atoms with Gasteiger partial charge in [-0.3, -0.25) is 28.8 Å². The molecule has 14 heteroatoms. The summed E-state index contributed by atoms with van der Waals surface area (Å²) in [6, 6.07) is 11.2. The summed E-state index contributed by atoms with van der Waals surface area (Å²) in [5.41, 5.74) is 4.65. The Kier molecular flexibility index (Phi) is 15.2. The molecule has 0 bridgehead atoms. The van der Waals surface area contributed by atoms with Gasteiger partial charge in [0.25, 0.3) is 0 Å². The van der Waals surface area contributed by atoms with E-state index in [1.165, 1.54) is 11.1 Å². The second-order valence-electron chi connectivity index (χ2n) is 16.6. The maximum Gasteiger partial charge on any atom is 0.245 e. The Balaban J connectivity index is 1.19. The van der Waals surface area contributed by atoms with Crippen molar-refractivity contribution in [1.82, 2.24) is 41.7 Å². The molecular weight excluding hydrogens is 749 g/mol. The van der Waals surface area contributed by atoms with Crippen molar-refractivity contribution in [2.75, 3.05) is 27.2 Å². The quantitative estimate of drug-likeness (QED) is 0.150. The molecular formula is C45H64N8O6. The van der Waals surface area contributed by atoms with Crippen LogP contribution in [0.5, 0.6) is 0 Å². The van der Waals surface area contributed by atoms with E-state index in [2.05, 4.69) is 50.1 Å². The fourth-order valence-corrected chi connectivity index (χ4v) is 9.42. The normalized spacial score (nSPS) is 23.2. The van der Waals surface area contributed by atoms with Gasteiger partial charge in [0.1, 0.15) is 24.2 Å². The van der Waals surface area contributed by atoms with Gasteiger partial charge in [0.2, 0.25) is 35.4 Å². The Morgan fingerprint density at radius 3 is 1.51 bits per heavy atom. The van der Waals surface area contributed by atoms with Gasteiger partial charge in [0.05, 0.1) is 24.2 Å². The molecule has 8 atom stereocenters. The summed E-state index contributed by atoms with van der Waals surface area (Å²) in [6.45, 7) is 4.25. The highest BCUT2D eigenvalue weighted by Crippen LogP contribution is 2.32. The predicted molar refractivity (Wildman–Crippen MR) is 225 cm³/mol. The topological polar surface area (TPSA) is 181 Å². The molecule has 2 aliphatic heterocycles. The summed E-state index contributed by atoms with van der Waals surface area (Å²) in [6.07, 6.45) is 8.19. The molecule has 4 aliphatic rings. The molecule has 0 radical (unpaired) electrons. The van der Waals surface area contributed by atoms with Gasteiger partial charge in [-0.2, -0.15) is 0 Å². The van der Waals surface area contributed by atoms with Crippen LogP contribution in [-0.2, 0) is 41.6 Å². The number of rotatable bonds is 16. The standard InChI is InChI=1S/C45H64N8O6/c1-5-33(47-4)41(55)51-37(45(59)53-27-13-23-39(53)43(57)49-35-21-11-17-30-15-7-9-19-32(30)35)25-24-36(50-40(54)28(2)46-3)44(58)52-26-12-22-38(52)42(56)48-34-20-10-16-29-14-6-8-18-31(29)34/h6-9,14-15,18-19,28,33-39,46-47H,5,10-13,16-17,20-27H2,1-4H3,(H,48,56)(H,49,57)(H,50,54)(H,51,55)/t28-,33-,34+,35+,36-,37-,38-,39-/m0/s1. The number of benzene rings is 2. The van der Waals surface area contributed by atoms with Crippen LogP contribution in [0.1, 0.15) is 119 Å². The summed E-state index contributed by atoms with van der Waals surface area (Å²) in [4.78, 5) is 87.0. The van der Waals surface area contributed by atoms with Crippen LogP contribution in [0.25, 0.3) is 0 Å². The molecule has 6 rings (SSSR count). The molecule has 6 N–H and O–H groups in total. The number of likely N-dealkylation sites (N-methyl/N-ethyl adjacent to an activating group) is 2. The molecule has 320 valence electrons. The molecule has 14 nitrogen and oxygen atoms in total. The number of hydrogen-bond donors (Lipinski definition) is 6. The average molecular weight is 813 g/mol. The molecule has 2 saturated heterocycles. The van der Waals surface area contributed by atoms with Crippen LogP contribution >= 0.6 is 0 Å². The first-order valence-electron chi connectivity index (χ1n) is 21.9. The number of amides is 6. The number of nitrogens with zero attached hydrogens (tertiary/aromatic N) is 2. The first kappa shape index (κ1) is 43.8. The maximum absolute atomic E-state index is 14.6. The zero-order valence-electron chi connectivity index (χ0n) is 35.2. The second-order valence-corrected chi connectivity index (χ2v) is 16.6. The predicted octanol–water partition coefficient (Wildman–Crippen LogP) is 2.71. The number of nitrogens with one attached hydrogen (secondary N) is 6. The van der Waals surface area contributed by atoms with Gasteiger partial charge in [-0.1, -0.05) is 55.5 Å². The van der Waals surface area contributed by atoms with Crippen molar-refractivity contribution in [2.45, 2.75) is 146 Å². The molecule has 0 saturated carbocycles. The fraction of sp³-hybridized carbons (Fsp3) is 0.600. The van der Waals surface area contributed by atoms with Crippen LogP contribution in [0.4, 0.5) is 0 Å². The highest BCUT2D eigenvalue weighted by Gasteiger charge is 2.42. The van der Waals surface area contributed by atoms with E-state index in [-0.39, 0.29) is 42.6 Å². The van der Waals surface area contributed by atoms with Crippen LogP contribution < -0.4 is 31.9 Å². The van der Waals surface area contributed by atoms with E-state index in [9.17, 15) is 28.8 Å². The van der Waals surface area contributed by atoms with E-state index in [0.29, 0.717) is 45.2 Å². The van der Waals surface area contributed by atoms with Gasteiger partial charge in [-0.25, -0.2) is 0 Å². The third-order valence-electron chi connectivity index (χ3n) is 12.9. The van der Waals surface area contributed by atoms with E-state index in [1.54, 1.807) is 30.8 Å². The first-order chi connectivity index (χ1) is 28.5. The molecule has 6 amide bonds. The SMILES string of the molecule is CC[C@H](NC)C(=O)N[C@@H](CC[C@H](NC(=O)[C@H](C)NC)C(=O)N1CCC[C@H]1C(=O)N[C@@H]1CCCc2ccccc21)C(=O)N1CCC[C@H]1C(=O)N[C@@H]1CCCc2ccccc21. The molecule has 0 aromatic heterocycles. The van der Waals surface area contributed by atoms with E-state index >= 15 is 0 Å². The Hall–Kier alpha value is -4.82. The number of carbonyl (C=O) groups is 6. The summed E-state index contributed by atoms with van der Waals surface area (Å²) in [5, 5.41) is 18.2. The average Bonchev–Trinajstić information content (AvgIpc) is 3.96. The lowest BCUT2D eigenvalue weighted by Gasteiger charge is -2.33. The maximum atomic E-state index is 14.6. The van der Waals surface area contributed by atoms with Crippen LogP contribution in [0.2, 0.25) is 0 Å². The molecule has 2 fully saturated rings. The van der Waals surface area contributed by atoms with Crippen LogP contribution in [0, 0.1) is 0 Å². The Bertz CT molecular complexity index is 1830. The van der Waals surface area contributed by atoms with Gasteiger partial charge < -0.3 is 41.7 Å². The third kappa shape index (κ3) is 10.3. The monoisotopic (exact) mass is 812 g/mol. The highest BCUT2D eigenvalue weighted by atomic mass is 16.2. The summed E-state index contributed by atoms with van der Waals surface area (Å²) in [5.74, 6) is -2.03. The lowest BCUT2D eigenvalue weighted by Crippen LogP contribution is -2.58. The molecule has 0 spiro atoms. The molecule has 2 aromatic rings. The van der Waals surface area contributed by atoms with Crippen LogP contribution in [-0.4, -0.2) is 109 Å². The van der Waals surface area contributed by atoms with Crippen molar-refractivity contribution in [2.24, 2.45) is 0 Å². The van der Waals surface area contributed by atoms with E-state index in [4.69, 9.17) is 0 Å². The number of carbonyl (C=O) groups excluding carboxylic acids is 6. The largest absolute Gasteiger partial charge is 0.347 e. The molecule has 2 heterocycles. The fourth-order valence-electron chi connectivity index (χ4n) is 9.42. The van der Waals surface area contributed by atoms with Gasteiger partial charge in [-0.15, -0.1) is 0 Å². The van der Waals surface area contributed by atoms with Crippen molar-refractivity contribution in [3.05, 3.63) is 70.8 Å². The number of hydrogen-bond acceptors (Lipinski definition) is 8. The van der Waals surface area contributed by atoms with Gasteiger partial charge in [0, 0.05) is 13.1 Å². The summed E-state index contributed by atoms with van der Waals surface area (Å²) in [7, 11) is 3.33. The smallest absolute Gasteiger partial charge is 0.245 e. The van der Waals surface area contributed by atoms with Gasteiger partial charge in [0.15, 0.2) is 0 Å². The minimum absolute atomic E-state index is 0.0123. The van der Waals surface area contributed by atoms with E-state index in [0.717, 1.165) is 49.7 Å². The minimum Gasteiger partial charge on any atom is -0.347 e. The van der Waals surface area contributed by atoms with Crippen molar-refractivity contribution in [3.63, 3.8) is 0 Å². The molecule has 2 aromatic carbocycles. The Morgan fingerprint density at radius 2 is 1.07 bits per heavy atom. The Labute approximate surface area is 348 Å². The Morgan fingerprint density at radius 1 is 0.610 bits per heavy atom. The van der Waals surface area contributed by atoms with E-state index < -0.39 is 54.0 Å². The minimum atomic E-state index is -1.08. The lowest BCUT2D eigenvalue weighted by atomic mass is 9.87. The number of likely N-dealkylation sites (tertiary alicyclic amines) is 2. The number of aryl methyl sites for hydroxylation is 2. The highest BCUT2D eigenvalue weighted by molar-refractivity contribution is 5.95. The van der Waals surface area contributed by atoms with Gasteiger partial charge in [-0.05, 0) is 127 Å². The second kappa shape index (κ2) is 20.4. The van der Waals surface area contributed by atoms with Crippen molar-refractivity contribution >= 4 is 35.4 Å².